The van der Waals surface area contributed by atoms with Crippen molar-refractivity contribution >= 4 is 5.91 Å². The molecule has 0 aliphatic carbocycles. The number of carbonyl (C=O) groups excluding carboxylic acids is 1. The Morgan fingerprint density at radius 1 is 1.35 bits per heavy atom. The van der Waals surface area contributed by atoms with Crippen LogP contribution in [-0.4, -0.2) is 49.1 Å². The van der Waals surface area contributed by atoms with E-state index in [0.29, 0.717) is 18.5 Å². The number of amides is 1. The van der Waals surface area contributed by atoms with Crippen LogP contribution in [0.15, 0.2) is 0 Å². The second kappa shape index (κ2) is 10.2. The predicted molar refractivity (Wildman–Crippen MR) is 84.9 cm³/mol. The van der Waals surface area contributed by atoms with Gasteiger partial charge in [0, 0.05) is 18.5 Å². The van der Waals surface area contributed by atoms with E-state index in [0.717, 1.165) is 45.4 Å². The van der Waals surface area contributed by atoms with E-state index < -0.39 is 0 Å². The lowest BCUT2D eigenvalue weighted by molar-refractivity contribution is -0.122. The summed E-state index contributed by atoms with van der Waals surface area (Å²) in [7, 11) is 0. The van der Waals surface area contributed by atoms with Crippen LogP contribution in [0.1, 0.15) is 59.3 Å². The van der Waals surface area contributed by atoms with E-state index in [1.165, 1.54) is 12.8 Å². The quantitative estimate of drug-likeness (QED) is 0.681. The number of hydrogen-bond donors (Lipinski definition) is 2. The normalized spacial score (nSPS) is 20.9. The van der Waals surface area contributed by atoms with Crippen molar-refractivity contribution < 1.29 is 4.79 Å². The molecular weight excluding hydrogens is 250 g/mol. The monoisotopic (exact) mass is 283 g/mol. The zero-order valence-corrected chi connectivity index (χ0v) is 13.6. The Balaban J connectivity index is 2.11. The van der Waals surface area contributed by atoms with Crippen LogP contribution in [0, 0.1) is 0 Å². The smallest absolute Gasteiger partial charge is 0.221 e. The van der Waals surface area contributed by atoms with Gasteiger partial charge in [-0.15, -0.1) is 0 Å². The summed E-state index contributed by atoms with van der Waals surface area (Å²) in [6.07, 6.45) is 6.51. The molecule has 0 aromatic carbocycles. The van der Waals surface area contributed by atoms with Gasteiger partial charge in [-0.3, -0.25) is 4.79 Å². The first kappa shape index (κ1) is 17.4. The fourth-order valence-electron chi connectivity index (χ4n) is 2.89. The minimum Gasteiger partial charge on any atom is -0.354 e. The third-order valence-electron chi connectivity index (χ3n) is 4.26. The average Bonchev–Trinajstić information content (AvgIpc) is 2.44. The molecule has 1 amide bonds. The highest BCUT2D eigenvalue weighted by Crippen LogP contribution is 2.10. The molecule has 1 aliphatic heterocycles. The first-order chi connectivity index (χ1) is 9.65. The first-order valence-electron chi connectivity index (χ1n) is 8.40. The van der Waals surface area contributed by atoms with Crippen LogP contribution in [0.3, 0.4) is 0 Å². The van der Waals surface area contributed by atoms with Crippen molar-refractivity contribution in [3.05, 3.63) is 0 Å². The maximum atomic E-state index is 12.0. The molecule has 2 unspecified atom stereocenters. The Morgan fingerprint density at radius 3 is 2.70 bits per heavy atom. The van der Waals surface area contributed by atoms with Crippen molar-refractivity contribution in [1.82, 2.24) is 15.5 Å². The maximum absolute atomic E-state index is 12.0. The van der Waals surface area contributed by atoms with Crippen LogP contribution in [0.4, 0.5) is 0 Å². The molecule has 1 fully saturated rings. The molecule has 4 heteroatoms. The molecule has 0 spiro atoms. The maximum Gasteiger partial charge on any atom is 0.221 e. The van der Waals surface area contributed by atoms with Crippen LogP contribution in [0.5, 0.6) is 0 Å². The van der Waals surface area contributed by atoms with Gasteiger partial charge < -0.3 is 15.5 Å². The molecule has 4 nitrogen and oxygen atoms in total. The fourth-order valence-corrected chi connectivity index (χ4v) is 2.89. The van der Waals surface area contributed by atoms with Crippen molar-refractivity contribution in [3.63, 3.8) is 0 Å². The Bertz CT molecular complexity index is 260. The summed E-state index contributed by atoms with van der Waals surface area (Å²) in [5.41, 5.74) is 0. The lowest BCUT2D eigenvalue weighted by Crippen LogP contribution is -2.41. The van der Waals surface area contributed by atoms with Crippen molar-refractivity contribution in [2.75, 3.05) is 26.2 Å². The predicted octanol–water partition coefficient (Wildman–Crippen LogP) is 2.15. The van der Waals surface area contributed by atoms with Gasteiger partial charge in [0.2, 0.25) is 5.91 Å². The van der Waals surface area contributed by atoms with Gasteiger partial charge in [0.1, 0.15) is 0 Å². The topological polar surface area (TPSA) is 44.4 Å². The highest BCUT2D eigenvalue weighted by molar-refractivity contribution is 5.76. The second-order valence-electron chi connectivity index (χ2n) is 5.99. The molecule has 0 bridgehead atoms. The minimum absolute atomic E-state index is 0.208. The summed E-state index contributed by atoms with van der Waals surface area (Å²) in [4.78, 5) is 14.4. The third-order valence-corrected chi connectivity index (χ3v) is 4.26. The van der Waals surface area contributed by atoms with Gasteiger partial charge in [0.05, 0.1) is 0 Å². The van der Waals surface area contributed by atoms with E-state index in [4.69, 9.17) is 0 Å². The molecule has 2 N–H and O–H groups in total. The van der Waals surface area contributed by atoms with E-state index in [-0.39, 0.29) is 5.91 Å². The van der Waals surface area contributed by atoms with Crippen molar-refractivity contribution in [2.45, 2.75) is 71.4 Å². The molecule has 0 saturated carbocycles. The molecule has 1 rings (SSSR count). The van der Waals surface area contributed by atoms with Gasteiger partial charge in [-0.2, -0.15) is 0 Å². The summed E-state index contributed by atoms with van der Waals surface area (Å²) in [6, 6.07) is 0.688. The van der Waals surface area contributed by atoms with E-state index in [2.05, 4.69) is 36.3 Å². The van der Waals surface area contributed by atoms with Crippen molar-refractivity contribution in [1.29, 1.82) is 0 Å². The number of piperidine rings is 1. The van der Waals surface area contributed by atoms with Crippen LogP contribution in [0.25, 0.3) is 0 Å². The molecule has 0 aromatic rings. The number of nitrogens with one attached hydrogen (secondary N) is 2. The summed E-state index contributed by atoms with van der Waals surface area (Å²) >= 11 is 0. The molecule has 1 heterocycles. The Labute approximate surface area is 124 Å². The number of hydrogen-bond acceptors (Lipinski definition) is 3. The summed E-state index contributed by atoms with van der Waals surface area (Å²) in [5.74, 6) is 0.208. The van der Waals surface area contributed by atoms with Crippen molar-refractivity contribution in [2.24, 2.45) is 0 Å². The van der Waals surface area contributed by atoms with E-state index >= 15 is 0 Å². The minimum atomic E-state index is 0.208. The van der Waals surface area contributed by atoms with E-state index in [1.54, 1.807) is 0 Å². The number of nitrogens with zero attached hydrogens (tertiary/aromatic N) is 1. The van der Waals surface area contributed by atoms with Gasteiger partial charge in [-0.25, -0.2) is 0 Å². The SMILES string of the molecule is CCN(CC)CCCC(C)NC(=O)CC1CCCCN1. The first-order valence-corrected chi connectivity index (χ1v) is 8.40. The van der Waals surface area contributed by atoms with Crippen LogP contribution in [-0.2, 0) is 4.79 Å². The molecule has 1 aliphatic rings. The van der Waals surface area contributed by atoms with Crippen molar-refractivity contribution in [3.8, 4) is 0 Å². The van der Waals surface area contributed by atoms with Crippen LogP contribution >= 0.6 is 0 Å². The molecule has 2 atom stereocenters. The van der Waals surface area contributed by atoms with Gasteiger partial charge in [0.15, 0.2) is 0 Å². The largest absolute Gasteiger partial charge is 0.354 e. The Kier molecular flexibility index (Phi) is 8.86. The molecular formula is C16H33N3O. The third kappa shape index (κ3) is 7.25. The zero-order valence-electron chi connectivity index (χ0n) is 13.6. The van der Waals surface area contributed by atoms with E-state index in [1.807, 2.05) is 0 Å². The molecule has 0 radical (unpaired) electrons. The van der Waals surface area contributed by atoms with Gasteiger partial charge in [-0.1, -0.05) is 20.3 Å². The van der Waals surface area contributed by atoms with Crippen LogP contribution in [0.2, 0.25) is 0 Å². The van der Waals surface area contributed by atoms with Gasteiger partial charge >= 0.3 is 0 Å². The molecule has 1 saturated heterocycles. The highest BCUT2D eigenvalue weighted by Gasteiger charge is 2.17. The lowest BCUT2D eigenvalue weighted by atomic mass is 10.0. The van der Waals surface area contributed by atoms with Gasteiger partial charge in [-0.05, 0) is 58.8 Å². The zero-order chi connectivity index (χ0) is 14.8. The summed E-state index contributed by atoms with van der Waals surface area (Å²) in [5, 5.41) is 6.57. The number of carbonyl (C=O) groups is 1. The Morgan fingerprint density at radius 2 is 2.10 bits per heavy atom. The standard InChI is InChI=1S/C16H33N3O/c1-4-19(5-2)12-8-9-14(3)18-16(20)13-15-10-6-7-11-17-15/h14-15,17H,4-13H2,1-3H3,(H,18,20). The summed E-state index contributed by atoms with van der Waals surface area (Å²) < 4.78 is 0. The number of rotatable bonds is 9. The lowest BCUT2D eigenvalue weighted by Gasteiger charge is -2.24. The van der Waals surface area contributed by atoms with Gasteiger partial charge in [0.25, 0.3) is 0 Å². The molecule has 0 aromatic heterocycles. The average molecular weight is 283 g/mol. The highest BCUT2D eigenvalue weighted by atomic mass is 16.1. The van der Waals surface area contributed by atoms with Crippen LogP contribution < -0.4 is 10.6 Å². The van der Waals surface area contributed by atoms with E-state index in [9.17, 15) is 4.79 Å². The second-order valence-corrected chi connectivity index (χ2v) is 5.99. The Hall–Kier alpha value is -0.610. The fraction of sp³-hybridized carbons (Fsp3) is 0.938. The molecule has 20 heavy (non-hydrogen) atoms. The molecule has 118 valence electrons. The summed E-state index contributed by atoms with van der Waals surface area (Å²) in [6.45, 7) is 11.0.